The molecular weight excluding hydrogens is 402 g/mol. The van der Waals surface area contributed by atoms with Crippen LogP contribution in [0, 0.1) is 10.1 Å². The van der Waals surface area contributed by atoms with Crippen LogP contribution < -0.4 is 5.32 Å². The third-order valence-corrected chi connectivity index (χ3v) is 4.28. The van der Waals surface area contributed by atoms with E-state index in [1.165, 1.54) is 29.2 Å². The SMILES string of the molecule is CC(NC(=O)c1cccc([N+](=O)[O-])c1)C(=O)N(C)Cc1ccc(Br)cc1. The van der Waals surface area contributed by atoms with E-state index in [1.807, 2.05) is 24.3 Å². The summed E-state index contributed by atoms with van der Waals surface area (Å²) in [7, 11) is 1.65. The van der Waals surface area contributed by atoms with Crippen molar-refractivity contribution >= 4 is 33.4 Å². The van der Waals surface area contributed by atoms with Crippen LogP contribution in [0.5, 0.6) is 0 Å². The normalized spacial score (nSPS) is 11.5. The topological polar surface area (TPSA) is 92.5 Å². The Labute approximate surface area is 159 Å². The van der Waals surface area contributed by atoms with Crippen LogP contribution in [-0.2, 0) is 11.3 Å². The molecule has 136 valence electrons. The number of nitrogens with zero attached hydrogens (tertiary/aromatic N) is 2. The van der Waals surface area contributed by atoms with Gasteiger partial charge in [-0.15, -0.1) is 0 Å². The Bertz CT molecular complexity index is 823. The lowest BCUT2D eigenvalue weighted by Gasteiger charge is -2.22. The molecule has 1 unspecified atom stereocenters. The zero-order valence-electron chi connectivity index (χ0n) is 14.3. The Hall–Kier alpha value is -2.74. The fourth-order valence-electron chi connectivity index (χ4n) is 2.37. The van der Waals surface area contributed by atoms with Crippen LogP contribution in [0.4, 0.5) is 5.69 Å². The first-order chi connectivity index (χ1) is 12.3. The predicted molar refractivity (Wildman–Crippen MR) is 101 cm³/mol. The third-order valence-electron chi connectivity index (χ3n) is 3.75. The minimum absolute atomic E-state index is 0.134. The molecule has 0 fully saturated rings. The number of rotatable bonds is 6. The summed E-state index contributed by atoms with van der Waals surface area (Å²) in [6.07, 6.45) is 0. The number of nitrogens with one attached hydrogen (secondary N) is 1. The van der Waals surface area contributed by atoms with Crippen LogP contribution >= 0.6 is 15.9 Å². The number of hydrogen-bond acceptors (Lipinski definition) is 4. The fourth-order valence-corrected chi connectivity index (χ4v) is 2.64. The Balaban J connectivity index is 1.99. The summed E-state index contributed by atoms with van der Waals surface area (Å²) in [6.45, 7) is 1.98. The molecular formula is C18H18BrN3O4. The molecule has 1 atom stereocenters. The lowest BCUT2D eigenvalue weighted by atomic mass is 10.1. The van der Waals surface area contributed by atoms with Crippen LogP contribution in [0.1, 0.15) is 22.8 Å². The van der Waals surface area contributed by atoms with E-state index in [9.17, 15) is 19.7 Å². The van der Waals surface area contributed by atoms with E-state index in [-0.39, 0.29) is 17.2 Å². The van der Waals surface area contributed by atoms with Crippen LogP contribution in [0.25, 0.3) is 0 Å². The Morgan fingerprint density at radius 3 is 2.50 bits per heavy atom. The number of carbonyl (C=O) groups excluding carboxylic acids is 2. The number of hydrogen-bond donors (Lipinski definition) is 1. The van der Waals surface area contributed by atoms with Gasteiger partial charge in [-0.05, 0) is 30.7 Å². The highest BCUT2D eigenvalue weighted by Crippen LogP contribution is 2.14. The van der Waals surface area contributed by atoms with Crippen molar-refractivity contribution in [3.8, 4) is 0 Å². The van der Waals surface area contributed by atoms with Gasteiger partial charge in [0.15, 0.2) is 0 Å². The Morgan fingerprint density at radius 2 is 1.88 bits per heavy atom. The monoisotopic (exact) mass is 419 g/mol. The summed E-state index contributed by atoms with van der Waals surface area (Å²) >= 11 is 3.36. The number of carbonyl (C=O) groups is 2. The van der Waals surface area contributed by atoms with E-state index in [0.717, 1.165) is 10.0 Å². The minimum Gasteiger partial charge on any atom is -0.341 e. The fraction of sp³-hybridized carbons (Fsp3) is 0.222. The van der Waals surface area contributed by atoms with Crippen molar-refractivity contribution in [3.63, 3.8) is 0 Å². The van der Waals surface area contributed by atoms with E-state index in [1.54, 1.807) is 14.0 Å². The molecule has 1 N–H and O–H groups in total. The highest BCUT2D eigenvalue weighted by molar-refractivity contribution is 9.10. The quantitative estimate of drug-likeness (QED) is 0.574. The molecule has 2 aromatic carbocycles. The van der Waals surface area contributed by atoms with Crippen molar-refractivity contribution in [2.75, 3.05) is 7.05 Å². The van der Waals surface area contributed by atoms with Crippen LogP contribution in [0.3, 0.4) is 0 Å². The second-order valence-electron chi connectivity index (χ2n) is 5.82. The van der Waals surface area contributed by atoms with Crippen molar-refractivity contribution in [2.45, 2.75) is 19.5 Å². The van der Waals surface area contributed by atoms with Gasteiger partial charge in [0.1, 0.15) is 6.04 Å². The third kappa shape index (κ3) is 5.13. The van der Waals surface area contributed by atoms with Crippen LogP contribution in [0.15, 0.2) is 53.0 Å². The minimum atomic E-state index is -0.762. The molecule has 0 aliphatic rings. The molecule has 0 heterocycles. The van der Waals surface area contributed by atoms with Gasteiger partial charge in [0.05, 0.1) is 4.92 Å². The molecule has 0 saturated carbocycles. The van der Waals surface area contributed by atoms with Gasteiger partial charge >= 0.3 is 0 Å². The highest BCUT2D eigenvalue weighted by Gasteiger charge is 2.21. The molecule has 0 radical (unpaired) electrons. The second kappa shape index (κ2) is 8.57. The van der Waals surface area contributed by atoms with Gasteiger partial charge < -0.3 is 10.2 Å². The molecule has 0 aliphatic heterocycles. The molecule has 0 spiro atoms. The molecule has 2 aromatic rings. The molecule has 0 aromatic heterocycles. The van der Waals surface area contributed by atoms with Gasteiger partial charge in [-0.2, -0.15) is 0 Å². The van der Waals surface area contributed by atoms with E-state index < -0.39 is 16.9 Å². The number of non-ortho nitro benzene ring substituents is 1. The van der Waals surface area contributed by atoms with Crippen molar-refractivity contribution < 1.29 is 14.5 Å². The average molecular weight is 420 g/mol. The summed E-state index contributed by atoms with van der Waals surface area (Å²) in [5.74, 6) is -0.793. The first-order valence-electron chi connectivity index (χ1n) is 7.82. The predicted octanol–water partition coefficient (Wildman–Crippen LogP) is 3.13. The molecule has 0 bridgehead atoms. The molecule has 2 amide bonds. The first kappa shape index (κ1) is 19.6. The molecule has 0 saturated heterocycles. The van der Waals surface area contributed by atoms with Crippen molar-refractivity contribution in [1.82, 2.24) is 10.2 Å². The van der Waals surface area contributed by atoms with Crippen LogP contribution in [0.2, 0.25) is 0 Å². The van der Waals surface area contributed by atoms with Gasteiger partial charge in [-0.3, -0.25) is 19.7 Å². The zero-order chi connectivity index (χ0) is 19.3. The standard InChI is InChI=1S/C18H18BrN3O4/c1-12(18(24)21(2)11-13-6-8-15(19)9-7-13)20-17(23)14-4-3-5-16(10-14)22(25)26/h3-10,12H,11H2,1-2H3,(H,20,23). The summed E-state index contributed by atoms with van der Waals surface area (Å²) in [4.78, 5) is 36.4. The maximum atomic E-state index is 12.4. The highest BCUT2D eigenvalue weighted by atomic mass is 79.9. The smallest absolute Gasteiger partial charge is 0.270 e. The Kier molecular flexibility index (Phi) is 6.46. The summed E-state index contributed by atoms with van der Waals surface area (Å²) in [6, 6.07) is 12.2. The van der Waals surface area contributed by atoms with Gasteiger partial charge in [-0.25, -0.2) is 0 Å². The maximum Gasteiger partial charge on any atom is 0.270 e. The van der Waals surface area contributed by atoms with Gasteiger partial charge in [0.2, 0.25) is 5.91 Å². The molecule has 7 nitrogen and oxygen atoms in total. The number of nitro benzene ring substituents is 1. The van der Waals surface area contributed by atoms with Crippen LogP contribution in [-0.4, -0.2) is 34.7 Å². The number of benzene rings is 2. The van der Waals surface area contributed by atoms with Crippen molar-refractivity contribution in [2.24, 2.45) is 0 Å². The van der Waals surface area contributed by atoms with Gasteiger partial charge in [-0.1, -0.05) is 34.1 Å². The van der Waals surface area contributed by atoms with E-state index in [2.05, 4.69) is 21.2 Å². The number of nitro groups is 1. The summed E-state index contributed by atoms with van der Waals surface area (Å²) < 4.78 is 0.952. The van der Waals surface area contributed by atoms with E-state index >= 15 is 0 Å². The van der Waals surface area contributed by atoms with E-state index in [4.69, 9.17) is 0 Å². The lowest BCUT2D eigenvalue weighted by molar-refractivity contribution is -0.384. The molecule has 8 heteroatoms. The number of halogens is 1. The maximum absolute atomic E-state index is 12.4. The summed E-state index contributed by atoms with van der Waals surface area (Å²) in [5.41, 5.74) is 0.916. The lowest BCUT2D eigenvalue weighted by Crippen LogP contribution is -2.45. The Morgan fingerprint density at radius 1 is 1.23 bits per heavy atom. The zero-order valence-corrected chi connectivity index (χ0v) is 15.9. The average Bonchev–Trinajstić information content (AvgIpc) is 2.62. The van der Waals surface area contributed by atoms with Crippen molar-refractivity contribution in [3.05, 3.63) is 74.2 Å². The number of likely N-dealkylation sites (N-methyl/N-ethyl adjacent to an activating group) is 1. The largest absolute Gasteiger partial charge is 0.341 e. The molecule has 2 rings (SSSR count). The molecule has 26 heavy (non-hydrogen) atoms. The second-order valence-corrected chi connectivity index (χ2v) is 6.74. The van der Waals surface area contributed by atoms with Gasteiger partial charge in [0.25, 0.3) is 11.6 Å². The van der Waals surface area contributed by atoms with Gasteiger partial charge in [0, 0.05) is 35.8 Å². The summed E-state index contributed by atoms with van der Waals surface area (Å²) in [5, 5.41) is 13.4. The van der Waals surface area contributed by atoms with Crippen molar-refractivity contribution in [1.29, 1.82) is 0 Å². The van der Waals surface area contributed by atoms with E-state index in [0.29, 0.717) is 6.54 Å². The first-order valence-corrected chi connectivity index (χ1v) is 8.62. The molecule has 0 aliphatic carbocycles. The number of amides is 2.